The van der Waals surface area contributed by atoms with Gasteiger partial charge in [-0.15, -0.1) is 0 Å². The number of rotatable bonds is 2. The Morgan fingerprint density at radius 2 is 2.15 bits per heavy atom. The van der Waals surface area contributed by atoms with Gasteiger partial charge in [-0.3, -0.25) is 18.3 Å². The number of aromatic nitrogens is 5. The Hall–Kier alpha value is -2.57. The highest BCUT2D eigenvalue weighted by molar-refractivity contribution is 5.75. The number of nitrogens with one attached hydrogen (secondary N) is 1. The first-order valence-corrected chi connectivity index (χ1v) is 6.21. The van der Waals surface area contributed by atoms with E-state index in [0.717, 1.165) is 11.3 Å². The van der Waals surface area contributed by atoms with Crippen LogP contribution in [0.25, 0.3) is 16.9 Å². The Balaban J connectivity index is 2.53. The molecule has 0 aromatic carbocycles. The average molecular weight is 273 g/mol. The lowest BCUT2D eigenvalue weighted by atomic mass is 10.3. The second kappa shape index (κ2) is 3.96. The van der Waals surface area contributed by atoms with Crippen molar-refractivity contribution in [3.63, 3.8) is 0 Å². The third-order valence-corrected chi connectivity index (χ3v) is 3.24. The van der Waals surface area contributed by atoms with Crippen LogP contribution in [0.3, 0.4) is 0 Å². The number of nitrogens with zero attached hydrogens (tertiary/aromatic N) is 4. The molecule has 0 bridgehead atoms. The van der Waals surface area contributed by atoms with Crippen molar-refractivity contribution in [1.29, 1.82) is 0 Å². The van der Waals surface area contributed by atoms with Crippen molar-refractivity contribution in [1.82, 2.24) is 23.5 Å². The molecule has 3 aromatic heterocycles. The highest BCUT2D eigenvalue weighted by Gasteiger charge is 2.17. The Labute approximate surface area is 113 Å². The van der Waals surface area contributed by atoms with Gasteiger partial charge >= 0.3 is 5.69 Å². The van der Waals surface area contributed by atoms with Crippen LogP contribution in [0.1, 0.15) is 12.6 Å². The summed E-state index contributed by atoms with van der Waals surface area (Å²) in [7, 11) is 1.61. The molecular formula is C13H15N5O2. The Kier molecular flexibility index (Phi) is 2.47. The number of allylic oxidation sites excluding steroid dienone is 1. The Bertz CT molecular complexity index is 967. The lowest BCUT2D eigenvalue weighted by Gasteiger charge is -2.07. The predicted molar refractivity (Wildman–Crippen MR) is 76.1 cm³/mol. The molecule has 104 valence electrons. The zero-order chi connectivity index (χ0) is 14.6. The topological polar surface area (TPSA) is 77.1 Å². The number of fused-ring (bicyclic) bond motifs is 3. The van der Waals surface area contributed by atoms with Gasteiger partial charge in [0.15, 0.2) is 11.2 Å². The van der Waals surface area contributed by atoms with Crippen molar-refractivity contribution in [2.24, 2.45) is 7.05 Å². The first kappa shape index (κ1) is 12.5. The molecule has 3 rings (SSSR count). The number of aromatic amines is 1. The largest absolute Gasteiger partial charge is 0.332 e. The number of H-pyrrole nitrogens is 1. The third-order valence-electron chi connectivity index (χ3n) is 3.24. The number of hydrogen-bond acceptors (Lipinski definition) is 3. The van der Waals surface area contributed by atoms with Gasteiger partial charge in [0.1, 0.15) is 0 Å². The summed E-state index contributed by atoms with van der Waals surface area (Å²) in [6, 6.07) is 0. The fourth-order valence-electron chi connectivity index (χ4n) is 2.37. The third kappa shape index (κ3) is 1.56. The van der Waals surface area contributed by atoms with E-state index in [-0.39, 0.29) is 17.8 Å². The minimum Gasteiger partial charge on any atom is -0.328 e. The molecule has 1 N–H and O–H groups in total. The van der Waals surface area contributed by atoms with Gasteiger partial charge in [0.2, 0.25) is 5.78 Å². The summed E-state index contributed by atoms with van der Waals surface area (Å²) in [6.07, 6.45) is 1.79. The maximum absolute atomic E-state index is 12.6. The van der Waals surface area contributed by atoms with Crippen molar-refractivity contribution in [3.8, 4) is 0 Å². The molecule has 0 amide bonds. The van der Waals surface area contributed by atoms with Crippen LogP contribution in [-0.2, 0) is 13.6 Å². The molecule has 0 unspecified atom stereocenters. The van der Waals surface area contributed by atoms with E-state index in [0.29, 0.717) is 16.9 Å². The van der Waals surface area contributed by atoms with E-state index in [2.05, 4.69) is 16.5 Å². The van der Waals surface area contributed by atoms with Gasteiger partial charge in [-0.25, -0.2) is 4.79 Å². The van der Waals surface area contributed by atoms with Crippen molar-refractivity contribution in [2.45, 2.75) is 20.4 Å². The van der Waals surface area contributed by atoms with E-state index < -0.39 is 0 Å². The second-order valence-corrected chi connectivity index (χ2v) is 5.10. The maximum atomic E-state index is 12.6. The van der Waals surface area contributed by atoms with Gasteiger partial charge in [0.25, 0.3) is 5.56 Å². The summed E-state index contributed by atoms with van der Waals surface area (Å²) < 4.78 is 4.25. The van der Waals surface area contributed by atoms with Crippen LogP contribution in [0.5, 0.6) is 0 Å². The van der Waals surface area contributed by atoms with Gasteiger partial charge < -0.3 is 4.98 Å². The zero-order valence-corrected chi connectivity index (χ0v) is 11.6. The van der Waals surface area contributed by atoms with Crippen molar-refractivity contribution in [3.05, 3.63) is 44.9 Å². The highest BCUT2D eigenvalue weighted by atomic mass is 16.2. The number of hydrogen-bond donors (Lipinski definition) is 1. The fraction of sp³-hybridized carbons (Fsp3) is 0.308. The molecule has 0 aliphatic rings. The van der Waals surface area contributed by atoms with E-state index in [1.807, 2.05) is 6.92 Å². The molecule has 0 aliphatic heterocycles. The van der Waals surface area contributed by atoms with Crippen LogP contribution in [0, 0.1) is 6.92 Å². The number of imidazole rings is 2. The van der Waals surface area contributed by atoms with Crippen molar-refractivity contribution < 1.29 is 0 Å². The van der Waals surface area contributed by atoms with Crippen LogP contribution in [0.2, 0.25) is 0 Å². The molecule has 7 heteroatoms. The molecule has 0 atom stereocenters. The summed E-state index contributed by atoms with van der Waals surface area (Å²) in [5.41, 5.74) is 1.68. The molecule has 20 heavy (non-hydrogen) atoms. The van der Waals surface area contributed by atoms with Gasteiger partial charge in [0.05, 0.1) is 6.54 Å². The lowest BCUT2D eigenvalue weighted by molar-refractivity contribution is 0.651. The quantitative estimate of drug-likeness (QED) is 0.693. The summed E-state index contributed by atoms with van der Waals surface area (Å²) in [6.45, 7) is 7.63. The van der Waals surface area contributed by atoms with Gasteiger partial charge in [-0.1, -0.05) is 12.2 Å². The van der Waals surface area contributed by atoms with E-state index in [9.17, 15) is 9.59 Å². The monoisotopic (exact) mass is 273 g/mol. The molecule has 0 radical (unpaired) electrons. The standard InChI is InChI=1S/C13H15N5O2/c1-7(2)5-18-11(19)9-10(16(4)13(18)20)15-12-14-8(3)6-17(9)12/h6H,1,5H2,2-4H3,(H,14,15). The molecule has 3 aromatic rings. The molecule has 0 saturated heterocycles. The second-order valence-electron chi connectivity index (χ2n) is 5.10. The summed E-state index contributed by atoms with van der Waals surface area (Å²) >= 11 is 0. The van der Waals surface area contributed by atoms with E-state index in [1.165, 1.54) is 9.13 Å². The van der Waals surface area contributed by atoms with Crippen molar-refractivity contribution >= 4 is 16.9 Å². The van der Waals surface area contributed by atoms with Crippen LogP contribution in [-0.4, -0.2) is 23.5 Å². The molecule has 0 spiro atoms. The first-order valence-electron chi connectivity index (χ1n) is 6.21. The van der Waals surface area contributed by atoms with Crippen molar-refractivity contribution in [2.75, 3.05) is 0 Å². The Morgan fingerprint density at radius 1 is 1.45 bits per heavy atom. The molecule has 3 heterocycles. The molecule has 0 saturated carbocycles. The summed E-state index contributed by atoms with van der Waals surface area (Å²) in [5.74, 6) is 0.553. The SMILES string of the molecule is C=C(C)Cn1c(=O)c2c(nc3[nH]c(C)cn32)n(C)c1=O. The van der Waals surface area contributed by atoms with Crippen LogP contribution < -0.4 is 11.2 Å². The summed E-state index contributed by atoms with van der Waals surface area (Å²) in [5, 5.41) is 0. The van der Waals surface area contributed by atoms with E-state index in [1.54, 1.807) is 24.6 Å². The molecule has 7 nitrogen and oxygen atoms in total. The van der Waals surface area contributed by atoms with Crippen LogP contribution in [0.4, 0.5) is 0 Å². The van der Waals surface area contributed by atoms with Gasteiger partial charge in [0, 0.05) is 18.9 Å². The molecular weight excluding hydrogens is 258 g/mol. The van der Waals surface area contributed by atoms with Crippen LogP contribution in [0.15, 0.2) is 27.9 Å². The minimum absolute atomic E-state index is 0.206. The first-order chi connectivity index (χ1) is 9.40. The fourth-order valence-corrected chi connectivity index (χ4v) is 2.37. The summed E-state index contributed by atoms with van der Waals surface area (Å²) in [4.78, 5) is 32.2. The van der Waals surface area contributed by atoms with Gasteiger partial charge in [-0.05, 0) is 13.8 Å². The lowest BCUT2D eigenvalue weighted by Crippen LogP contribution is -2.39. The minimum atomic E-state index is -0.386. The average Bonchev–Trinajstić information content (AvgIpc) is 2.87. The van der Waals surface area contributed by atoms with E-state index in [4.69, 9.17) is 0 Å². The maximum Gasteiger partial charge on any atom is 0.332 e. The predicted octanol–water partition coefficient (Wildman–Crippen LogP) is 0.561. The van der Waals surface area contributed by atoms with Gasteiger partial charge in [-0.2, -0.15) is 4.98 Å². The van der Waals surface area contributed by atoms with Crippen LogP contribution >= 0.6 is 0 Å². The molecule has 0 fully saturated rings. The highest BCUT2D eigenvalue weighted by Crippen LogP contribution is 2.11. The zero-order valence-electron chi connectivity index (χ0n) is 11.6. The number of aryl methyl sites for hydroxylation is 2. The molecule has 0 aliphatic carbocycles. The normalized spacial score (nSPS) is 11.6. The smallest absolute Gasteiger partial charge is 0.328 e. The Morgan fingerprint density at radius 3 is 2.80 bits per heavy atom. The van der Waals surface area contributed by atoms with E-state index >= 15 is 0 Å².